The quantitative estimate of drug-likeness (QED) is 0.740. The Balaban J connectivity index is 1.86. The highest BCUT2D eigenvalue weighted by Crippen LogP contribution is 2.47. The van der Waals surface area contributed by atoms with Crippen LogP contribution in [0.4, 0.5) is 5.69 Å². The smallest absolute Gasteiger partial charge is 0.234 e. The predicted molar refractivity (Wildman–Crippen MR) is 76.8 cm³/mol. The molecule has 0 atom stereocenters. The zero-order chi connectivity index (χ0) is 13.5. The van der Waals surface area contributed by atoms with Gasteiger partial charge in [0.1, 0.15) is 0 Å². The van der Waals surface area contributed by atoms with Gasteiger partial charge in [-0.15, -0.1) is 0 Å². The number of carbonyl (C=O) groups is 2. The largest absolute Gasteiger partial charge is 0.274 e. The zero-order valence-corrected chi connectivity index (χ0v) is 12.3. The van der Waals surface area contributed by atoms with Crippen molar-refractivity contribution in [3.05, 3.63) is 28.7 Å². The number of piperidine rings is 1. The summed E-state index contributed by atoms with van der Waals surface area (Å²) in [5, 5.41) is 0. The molecule has 2 fully saturated rings. The lowest BCUT2D eigenvalue weighted by Crippen LogP contribution is -2.47. The maximum absolute atomic E-state index is 12.3. The van der Waals surface area contributed by atoms with Crippen molar-refractivity contribution in [2.24, 2.45) is 5.41 Å². The van der Waals surface area contributed by atoms with E-state index in [1.807, 2.05) is 24.3 Å². The van der Waals surface area contributed by atoms with Gasteiger partial charge in [-0.1, -0.05) is 28.8 Å². The van der Waals surface area contributed by atoms with Crippen LogP contribution < -0.4 is 4.90 Å². The molecule has 2 amide bonds. The summed E-state index contributed by atoms with van der Waals surface area (Å²) < 4.78 is 0.945. The second-order valence-corrected chi connectivity index (χ2v) is 6.58. The lowest BCUT2D eigenvalue weighted by atomic mass is 9.76. The first-order valence-corrected chi connectivity index (χ1v) is 7.50. The maximum atomic E-state index is 12.3. The molecule has 1 spiro atoms. The molecule has 0 N–H and O–H groups in total. The number of halogens is 1. The highest BCUT2D eigenvalue weighted by atomic mass is 79.9. The van der Waals surface area contributed by atoms with Crippen molar-refractivity contribution in [2.75, 3.05) is 4.90 Å². The standard InChI is InChI=1S/C15H16BrNO2/c16-11-3-5-12(6-4-11)17-13(18)9-15(10-14(17)19)7-1-2-8-15/h3-6H,1-2,7-10H2. The van der Waals surface area contributed by atoms with E-state index in [1.165, 1.54) is 4.90 Å². The third kappa shape index (κ3) is 2.34. The third-order valence-electron chi connectivity index (χ3n) is 4.30. The van der Waals surface area contributed by atoms with Gasteiger partial charge in [-0.3, -0.25) is 14.5 Å². The molecule has 0 radical (unpaired) electrons. The highest BCUT2D eigenvalue weighted by Gasteiger charge is 2.45. The van der Waals surface area contributed by atoms with E-state index in [1.54, 1.807) is 0 Å². The van der Waals surface area contributed by atoms with Crippen LogP contribution in [0.15, 0.2) is 28.7 Å². The van der Waals surface area contributed by atoms with Crippen LogP contribution in [0.1, 0.15) is 38.5 Å². The van der Waals surface area contributed by atoms with Crippen LogP contribution in [-0.4, -0.2) is 11.8 Å². The van der Waals surface area contributed by atoms with Gasteiger partial charge < -0.3 is 0 Å². The van der Waals surface area contributed by atoms with Crippen molar-refractivity contribution in [1.82, 2.24) is 0 Å². The van der Waals surface area contributed by atoms with E-state index in [-0.39, 0.29) is 17.2 Å². The zero-order valence-electron chi connectivity index (χ0n) is 10.7. The fourth-order valence-corrected chi connectivity index (χ4v) is 3.62. The molecule has 0 bridgehead atoms. The average Bonchev–Trinajstić information content (AvgIpc) is 2.78. The van der Waals surface area contributed by atoms with E-state index in [4.69, 9.17) is 0 Å². The van der Waals surface area contributed by atoms with Gasteiger partial charge in [-0.25, -0.2) is 0 Å². The van der Waals surface area contributed by atoms with Crippen molar-refractivity contribution < 1.29 is 9.59 Å². The minimum atomic E-state index is -0.0412. The highest BCUT2D eigenvalue weighted by molar-refractivity contribution is 9.10. The van der Waals surface area contributed by atoms with Crippen LogP contribution in [0.5, 0.6) is 0 Å². The normalized spacial score (nSPS) is 22.3. The summed E-state index contributed by atoms with van der Waals surface area (Å²) in [7, 11) is 0. The molecule has 1 aromatic rings. The number of rotatable bonds is 1. The van der Waals surface area contributed by atoms with Crippen molar-refractivity contribution in [1.29, 1.82) is 0 Å². The summed E-state index contributed by atoms with van der Waals surface area (Å²) in [6.07, 6.45) is 5.40. The number of hydrogen-bond donors (Lipinski definition) is 0. The number of benzene rings is 1. The first kappa shape index (κ1) is 12.9. The molecular formula is C15H16BrNO2. The molecule has 1 aromatic carbocycles. The van der Waals surface area contributed by atoms with Gasteiger partial charge in [-0.2, -0.15) is 0 Å². The Bertz CT molecular complexity index is 497. The summed E-state index contributed by atoms with van der Waals surface area (Å²) in [6, 6.07) is 7.34. The third-order valence-corrected chi connectivity index (χ3v) is 4.83. The molecule has 0 aromatic heterocycles. The fraction of sp³-hybridized carbons (Fsp3) is 0.467. The lowest BCUT2D eigenvalue weighted by Gasteiger charge is -2.37. The molecule has 1 saturated carbocycles. The molecular weight excluding hydrogens is 306 g/mol. The van der Waals surface area contributed by atoms with Crippen LogP contribution in [0.25, 0.3) is 0 Å². The van der Waals surface area contributed by atoms with Gasteiger partial charge in [0.15, 0.2) is 0 Å². The maximum Gasteiger partial charge on any atom is 0.234 e. The van der Waals surface area contributed by atoms with E-state index >= 15 is 0 Å². The molecule has 0 unspecified atom stereocenters. The predicted octanol–water partition coefficient (Wildman–Crippen LogP) is 3.66. The first-order chi connectivity index (χ1) is 9.10. The minimum absolute atomic E-state index is 0.0277. The number of hydrogen-bond acceptors (Lipinski definition) is 2. The molecule has 3 rings (SSSR count). The molecule has 4 heteroatoms. The number of anilines is 1. The number of amides is 2. The van der Waals surface area contributed by atoms with Gasteiger partial charge in [0.25, 0.3) is 0 Å². The van der Waals surface area contributed by atoms with Gasteiger partial charge in [-0.05, 0) is 42.5 Å². The number of imide groups is 1. The molecule has 19 heavy (non-hydrogen) atoms. The van der Waals surface area contributed by atoms with Crippen molar-refractivity contribution in [3.63, 3.8) is 0 Å². The minimum Gasteiger partial charge on any atom is -0.274 e. The summed E-state index contributed by atoms with van der Waals surface area (Å²) in [5.41, 5.74) is 0.658. The van der Waals surface area contributed by atoms with E-state index < -0.39 is 0 Å². The Morgan fingerprint density at radius 1 is 0.947 bits per heavy atom. The van der Waals surface area contributed by atoms with Crippen LogP contribution in [0, 0.1) is 5.41 Å². The summed E-state index contributed by atoms with van der Waals surface area (Å²) >= 11 is 3.36. The van der Waals surface area contributed by atoms with Crippen molar-refractivity contribution >= 4 is 33.4 Å². The van der Waals surface area contributed by atoms with E-state index in [2.05, 4.69) is 15.9 Å². The van der Waals surface area contributed by atoms with E-state index in [9.17, 15) is 9.59 Å². The molecule has 1 aliphatic carbocycles. The van der Waals surface area contributed by atoms with Crippen LogP contribution in [0.3, 0.4) is 0 Å². The molecule has 100 valence electrons. The summed E-state index contributed by atoms with van der Waals surface area (Å²) in [4.78, 5) is 26.0. The van der Waals surface area contributed by atoms with Crippen molar-refractivity contribution in [3.8, 4) is 0 Å². The number of nitrogens with zero attached hydrogens (tertiary/aromatic N) is 1. The fourth-order valence-electron chi connectivity index (χ4n) is 3.36. The number of carbonyl (C=O) groups excluding carboxylic acids is 2. The van der Waals surface area contributed by atoms with Gasteiger partial charge in [0.2, 0.25) is 11.8 Å². The Hall–Kier alpha value is -1.16. The van der Waals surface area contributed by atoms with Crippen LogP contribution in [0.2, 0.25) is 0 Å². The molecule has 2 aliphatic rings. The van der Waals surface area contributed by atoms with Crippen LogP contribution in [-0.2, 0) is 9.59 Å². The Kier molecular flexibility index (Phi) is 3.21. The van der Waals surface area contributed by atoms with Gasteiger partial charge in [0.05, 0.1) is 5.69 Å². The molecule has 1 heterocycles. The van der Waals surface area contributed by atoms with Crippen LogP contribution >= 0.6 is 15.9 Å². The van der Waals surface area contributed by atoms with Gasteiger partial charge in [0, 0.05) is 17.3 Å². The molecule has 1 saturated heterocycles. The Morgan fingerprint density at radius 2 is 1.47 bits per heavy atom. The molecule has 1 aliphatic heterocycles. The average molecular weight is 322 g/mol. The molecule has 3 nitrogen and oxygen atoms in total. The monoisotopic (exact) mass is 321 g/mol. The Morgan fingerprint density at radius 3 is 2.00 bits per heavy atom. The van der Waals surface area contributed by atoms with E-state index in [0.29, 0.717) is 18.5 Å². The summed E-state index contributed by atoms with van der Waals surface area (Å²) in [5.74, 6) is -0.0825. The topological polar surface area (TPSA) is 37.4 Å². The van der Waals surface area contributed by atoms with Gasteiger partial charge >= 0.3 is 0 Å². The second kappa shape index (κ2) is 4.75. The lowest BCUT2D eigenvalue weighted by molar-refractivity contribution is -0.133. The van der Waals surface area contributed by atoms with Crippen molar-refractivity contribution in [2.45, 2.75) is 38.5 Å². The first-order valence-electron chi connectivity index (χ1n) is 6.71. The Labute approximate surface area is 121 Å². The summed E-state index contributed by atoms with van der Waals surface area (Å²) in [6.45, 7) is 0. The SMILES string of the molecule is O=C1CC2(CCCC2)CC(=O)N1c1ccc(Br)cc1. The van der Waals surface area contributed by atoms with E-state index in [0.717, 1.165) is 30.2 Å². The second-order valence-electron chi connectivity index (χ2n) is 5.66.